The van der Waals surface area contributed by atoms with Crippen molar-refractivity contribution in [3.63, 3.8) is 0 Å². The van der Waals surface area contributed by atoms with Gasteiger partial charge >= 0.3 is 6.09 Å². The molecule has 2 aromatic heterocycles. The highest BCUT2D eigenvalue weighted by atomic mass is 35.5. The van der Waals surface area contributed by atoms with Gasteiger partial charge in [-0.3, -0.25) is 0 Å². The highest BCUT2D eigenvalue weighted by molar-refractivity contribution is 7.98. The Morgan fingerprint density at radius 1 is 1.29 bits per heavy atom. The van der Waals surface area contributed by atoms with Crippen LogP contribution in [0, 0.1) is 31.0 Å². The van der Waals surface area contributed by atoms with Crippen LogP contribution < -0.4 is 0 Å². The Morgan fingerprint density at radius 2 is 2.05 bits per heavy atom. The number of pyridine rings is 1. The lowest BCUT2D eigenvalue weighted by molar-refractivity contribution is 0.00557. The molecule has 0 unspecified atom stereocenters. The summed E-state index contributed by atoms with van der Waals surface area (Å²) in [6, 6.07) is 9.12. The number of carbonyl (C=O) groups is 1. The molecular weight excluding hydrogens is 563 g/mol. The van der Waals surface area contributed by atoms with Crippen LogP contribution in [0.1, 0.15) is 57.2 Å². The van der Waals surface area contributed by atoms with Crippen LogP contribution in [-0.2, 0) is 4.74 Å². The number of ether oxygens (including phenoxy) is 1. The predicted octanol–water partition coefficient (Wildman–Crippen LogP) is 7.63. The quantitative estimate of drug-likeness (QED) is 0.224. The Labute approximate surface area is 247 Å². The zero-order valence-electron chi connectivity index (χ0n) is 24.0. The number of aryl methyl sites for hydroxylation is 1. The monoisotopic (exact) mass is 594 g/mol. The molecule has 1 aliphatic rings. The van der Waals surface area contributed by atoms with Crippen LogP contribution in [-0.4, -0.2) is 55.4 Å². The van der Waals surface area contributed by atoms with Crippen LogP contribution in [0.5, 0.6) is 0 Å². The maximum absolute atomic E-state index is 16.4. The number of nitriles is 1. The van der Waals surface area contributed by atoms with E-state index in [-0.39, 0.29) is 24.0 Å². The standard InChI is InChI=1S/C30H32ClFN6O2S/c1-16-14-21-25(24(32)23(16)20-8-7-9-22(31)17(20)2)34-28(41-6)26-27(21)38(36-35-26)19-11-13-37(18(15-19)10-12-33)29(39)40-30(3,4)5/h7-9,14,18-19H,10-11,13,15H2,1-6H3/t18-,19+/m1/s1. The molecule has 0 saturated carbocycles. The van der Waals surface area contributed by atoms with E-state index in [1.54, 1.807) is 11.0 Å². The summed E-state index contributed by atoms with van der Waals surface area (Å²) < 4.78 is 23.9. The van der Waals surface area contributed by atoms with Gasteiger partial charge in [0.2, 0.25) is 0 Å². The molecule has 8 nitrogen and oxygen atoms in total. The minimum Gasteiger partial charge on any atom is -0.444 e. The molecule has 1 fully saturated rings. The zero-order valence-corrected chi connectivity index (χ0v) is 25.5. The summed E-state index contributed by atoms with van der Waals surface area (Å²) in [5.74, 6) is -0.419. The number of piperidine rings is 1. The number of fused-ring (bicyclic) bond motifs is 3. The van der Waals surface area contributed by atoms with Crippen LogP contribution >= 0.6 is 23.4 Å². The van der Waals surface area contributed by atoms with Crippen molar-refractivity contribution in [2.24, 2.45) is 0 Å². The molecule has 2 aromatic carbocycles. The zero-order chi connectivity index (χ0) is 29.6. The molecule has 0 bridgehead atoms. The van der Waals surface area contributed by atoms with Crippen LogP contribution in [0.4, 0.5) is 9.18 Å². The minimum absolute atomic E-state index is 0.157. The number of aromatic nitrogens is 4. The summed E-state index contributed by atoms with van der Waals surface area (Å²) in [6.07, 6.45) is 2.69. The van der Waals surface area contributed by atoms with Gasteiger partial charge in [0.05, 0.1) is 24.6 Å². The van der Waals surface area contributed by atoms with Gasteiger partial charge in [0, 0.05) is 22.5 Å². The fraction of sp³-hybridized carbons (Fsp3) is 0.433. The summed E-state index contributed by atoms with van der Waals surface area (Å²) in [5, 5.41) is 20.3. The number of benzene rings is 2. The molecule has 0 N–H and O–H groups in total. The Kier molecular flexibility index (Phi) is 7.88. The van der Waals surface area contributed by atoms with Crippen molar-refractivity contribution in [3.8, 4) is 17.2 Å². The number of carbonyl (C=O) groups excluding carboxylic acids is 1. The van der Waals surface area contributed by atoms with Gasteiger partial charge in [-0.05, 0) is 82.5 Å². The average molecular weight is 595 g/mol. The molecule has 0 aliphatic carbocycles. The summed E-state index contributed by atoms with van der Waals surface area (Å²) in [7, 11) is 0. The molecule has 0 spiro atoms. The maximum atomic E-state index is 16.4. The fourth-order valence-electron chi connectivity index (χ4n) is 5.62. The largest absolute Gasteiger partial charge is 0.444 e. The molecule has 1 saturated heterocycles. The van der Waals surface area contributed by atoms with Gasteiger partial charge < -0.3 is 9.64 Å². The van der Waals surface area contributed by atoms with E-state index in [1.807, 2.05) is 63.8 Å². The van der Waals surface area contributed by atoms with E-state index in [9.17, 15) is 10.1 Å². The molecule has 41 heavy (non-hydrogen) atoms. The lowest BCUT2D eigenvalue weighted by Crippen LogP contribution is -2.48. The second-order valence-corrected chi connectivity index (χ2v) is 12.6. The molecule has 5 rings (SSSR count). The number of hydrogen-bond donors (Lipinski definition) is 0. The number of likely N-dealkylation sites (tertiary alicyclic amines) is 1. The van der Waals surface area contributed by atoms with Crippen molar-refractivity contribution in [2.45, 2.75) is 76.6 Å². The lowest BCUT2D eigenvalue weighted by atomic mass is 9.93. The van der Waals surface area contributed by atoms with Crippen LogP contribution in [0.25, 0.3) is 33.1 Å². The van der Waals surface area contributed by atoms with Gasteiger partial charge in [-0.1, -0.05) is 28.9 Å². The Morgan fingerprint density at radius 3 is 2.73 bits per heavy atom. The van der Waals surface area contributed by atoms with Crippen molar-refractivity contribution in [3.05, 3.63) is 46.2 Å². The SMILES string of the molecule is CSc1nc2c(F)c(-c3cccc(Cl)c3C)c(C)cc2c2c1nnn2[C@H]1CCN(C(=O)OC(C)(C)C)[C@H](CC#N)C1. The normalized spacial score (nSPS) is 17.7. The molecule has 0 radical (unpaired) electrons. The molecule has 4 aromatic rings. The second-order valence-electron chi connectivity index (χ2n) is 11.4. The maximum Gasteiger partial charge on any atom is 0.410 e. The van der Waals surface area contributed by atoms with Crippen molar-refractivity contribution >= 4 is 51.4 Å². The number of hydrogen-bond acceptors (Lipinski definition) is 7. The molecule has 3 heterocycles. The van der Waals surface area contributed by atoms with Gasteiger partial charge in [0.1, 0.15) is 27.2 Å². The fourth-order valence-corrected chi connectivity index (χ4v) is 6.31. The van der Waals surface area contributed by atoms with Gasteiger partial charge in [-0.25, -0.2) is 18.9 Å². The van der Waals surface area contributed by atoms with Crippen LogP contribution in [0.3, 0.4) is 0 Å². The third-order valence-corrected chi connectivity index (χ3v) is 8.60. The van der Waals surface area contributed by atoms with E-state index in [0.717, 1.165) is 16.7 Å². The van der Waals surface area contributed by atoms with E-state index < -0.39 is 17.5 Å². The highest BCUT2D eigenvalue weighted by Gasteiger charge is 2.36. The molecule has 214 valence electrons. The van der Waals surface area contributed by atoms with E-state index in [0.29, 0.717) is 51.4 Å². The highest BCUT2D eigenvalue weighted by Crippen LogP contribution is 2.40. The number of halogens is 2. The first-order valence-corrected chi connectivity index (χ1v) is 15.1. The molecule has 1 amide bonds. The predicted molar refractivity (Wildman–Crippen MR) is 160 cm³/mol. The third kappa shape index (κ3) is 5.33. The number of rotatable bonds is 4. The third-order valence-electron chi connectivity index (χ3n) is 7.52. The first-order chi connectivity index (χ1) is 19.4. The van der Waals surface area contributed by atoms with Gasteiger partial charge in [-0.2, -0.15) is 5.26 Å². The Bertz CT molecular complexity index is 1710. The number of amides is 1. The average Bonchev–Trinajstić information content (AvgIpc) is 3.36. The number of nitrogens with zero attached hydrogens (tertiary/aromatic N) is 6. The summed E-state index contributed by atoms with van der Waals surface area (Å²) >= 11 is 7.77. The smallest absolute Gasteiger partial charge is 0.410 e. The lowest BCUT2D eigenvalue weighted by Gasteiger charge is -2.39. The van der Waals surface area contributed by atoms with E-state index >= 15 is 4.39 Å². The molecular formula is C30H32ClFN6O2S. The first-order valence-electron chi connectivity index (χ1n) is 13.5. The van der Waals surface area contributed by atoms with Crippen molar-refractivity contribution in [1.29, 1.82) is 5.26 Å². The topological polar surface area (TPSA) is 96.9 Å². The first kappa shape index (κ1) is 29.1. The number of thioether (sulfide) groups is 1. The summed E-state index contributed by atoms with van der Waals surface area (Å²) in [6.45, 7) is 9.62. The van der Waals surface area contributed by atoms with Crippen molar-refractivity contribution in [2.75, 3.05) is 12.8 Å². The van der Waals surface area contributed by atoms with Gasteiger partial charge in [0.25, 0.3) is 0 Å². The summed E-state index contributed by atoms with van der Waals surface area (Å²) in [5.41, 5.74) is 3.63. The Hall–Kier alpha value is -3.42. The Balaban J connectivity index is 1.63. The van der Waals surface area contributed by atoms with Crippen LogP contribution in [0.2, 0.25) is 5.02 Å². The second kappa shape index (κ2) is 11.1. The van der Waals surface area contributed by atoms with Crippen LogP contribution in [0.15, 0.2) is 29.3 Å². The van der Waals surface area contributed by atoms with Crippen molar-refractivity contribution < 1.29 is 13.9 Å². The van der Waals surface area contributed by atoms with Crippen molar-refractivity contribution in [1.82, 2.24) is 24.9 Å². The van der Waals surface area contributed by atoms with E-state index in [1.165, 1.54) is 11.8 Å². The van der Waals surface area contributed by atoms with E-state index in [4.69, 9.17) is 21.3 Å². The molecule has 11 heteroatoms. The minimum atomic E-state index is -0.641. The van der Waals surface area contributed by atoms with E-state index in [2.05, 4.69) is 16.4 Å². The molecule has 2 atom stereocenters. The van der Waals surface area contributed by atoms with Gasteiger partial charge in [0.15, 0.2) is 5.82 Å². The van der Waals surface area contributed by atoms with Gasteiger partial charge in [-0.15, -0.1) is 16.9 Å². The summed E-state index contributed by atoms with van der Waals surface area (Å²) in [4.78, 5) is 19.3. The molecule has 1 aliphatic heterocycles.